The molecule has 1 saturated carbocycles. The molecule has 7 rings (SSSR count). The van der Waals surface area contributed by atoms with E-state index in [4.69, 9.17) is 11.6 Å². The summed E-state index contributed by atoms with van der Waals surface area (Å²) in [5, 5.41) is 12.2. The number of amides is 4. The Hall–Kier alpha value is -4.49. The molecule has 2 saturated heterocycles. The van der Waals surface area contributed by atoms with Crippen LogP contribution in [0.3, 0.4) is 0 Å². The normalized spacial score (nSPS) is 28.9. The predicted molar refractivity (Wildman–Crippen MR) is 170 cm³/mol. The fourth-order valence-corrected chi connectivity index (χ4v) is 8.81. The van der Waals surface area contributed by atoms with E-state index >= 15 is 4.79 Å². The molecule has 0 spiro atoms. The van der Waals surface area contributed by atoms with Gasteiger partial charge in [0.05, 0.1) is 28.9 Å². The highest BCUT2D eigenvalue weighted by atomic mass is 35.5. The van der Waals surface area contributed by atoms with Crippen LogP contribution in [0.1, 0.15) is 42.4 Å². The van der Waals surface area contributed by atoms with Crippen LogP contribution in [0.15, 0.2) is 97.1 Å². The zero-order chi connectivity index (χ0) is 31.6. The first-order chi connectivity index (χ1) is 21.7. The molecule has 6 atom stereocenters. The van der Waals surface area contributed by atoms with Gasteiger partial charge in [0.25, 0.3) is 0 Å². The number of carbonyl (C=O) groups excluding carboxylic acids is 4. The molecule has 4 aliphatic rings. The zero-order valence-electron chi connectivity index (χ0n) is 24.9. The van der Waals surface area contributed by atoms with Crippen molar-refractivity contribution in [1.82, 2.24) is 4.90 Å². The fourth-order valence-electron chi connectivity index (χ4n) is 8.63. The van der Waals surface area contributed by atoms with E-state index in [2.05, 4.69) is 6.58 Å². The first kappa shape index (κ1) is 29.2. The van der Waals surface area contributed by atoms with Crippen molar-refractivity contribution in [1.29, 1.82) is 0 Å². The fraction of sp³-hybridized carbons (Fsp3) is 0.297. The van der Waals surface area contributed by atoms with E-state index in [9.17, 15) is 19.5 Å². The van der Waals surface area contributed by atoms with E-state index in [1.54, 1.807) is 37.3 Å². The monoisotopic (exact) mass is 620 g/mol. The van der Waals surface area contributed by atoms with Crippen LogP contribution >= 0.6 is 11.6 Å². The molecular weight excluding hydrogens is 588 g/mol. The van der Waals surface area contributed by atoms with Crippen LogP contribution in [0.25, 0.3) is 0 Å². The molecule has 4 amide bonds. The standard InChI is InChI=1S/C37H33ClN2O5/c1-3-10-21-11-8-16-27(32(21)41)31-25-17-18-26-30(35(44)39(4-2)33(26)42)28(25)20-29-34(43)40(24-15-9-14-23(38)19-24)36(45)37(29,31)22-12-6-5-7-13-22/h3,5-9,11-17,19,26,28-31,41H,1,4,10,18,20H2,2H3. The van der Waals surface area contributed by atoms with Crippen molar-refractivity contribution in [3.8, 4) is 5.75 Å². The second-order valence-electron chi connectivity index (χ2n) is 12.4. The number of halogens is 1. The number of phenolic OH excluding ortho intramolecular Hbond substituents is 1. The largest absolute Gasteiger partial charge is 0.507 e. The van der Waals surface area contributed by atoms with Crippen LogP contribution < -0.4 is 4.90 Å². The molecule has 2 aliphatic heterocycles. The van der Waals surface area contributed by atoms with Crippen molar-refractivity contribution in [2.75, 3.05) is 11.4 Å². The summed E-state index contributed by atoms with van der Waals surface area (Å²) >= 11 is 6.36. The van der Waals surface area contributed by atoms with E-state index in [1.165, 1.54) is 9.80 Å². The van der Waals surface area contributed by atoms with Gasteiger partial charge in [0.2, 0.25) is 23.6 Å². The molecular formula is C37H33ClN2O5. The summed E-state index contributed by atoms with van der Waals surface area (Å²) in [4.78, 5) is 59.7. The second kappa shape index (κ2) is 10.8. The van der Waals surface area contributed by atoms with Crippen LogP contribution in [0, 0.1) is 23.7 Å². The number of fused-ring (bicyclic) bond motifs is 4. The molecule has 0 bridgehead atoms. The molecule has 7 nitrogen and oxygen atoms in total. The summed E-state index contributed by atoms with van der Waals surface area (Å²) in [5.74, 6) is -4.48. The summed E-state index contributed by atoms with van der Waals surface area (Å²) < 4.78 is 0. The number of para-hydroxylation sites is 1. The predicted octanol–water partition coefficient (Wildman–Crippen LogP) is 5.96. The number of hydrogen-bond acceptors (Lipinski definition) is 5. The van der Waals surface area contributed by atoms with Crippen molar-refractivity contribution in [2.45, 2.75) is 37.5 Å². The molecule has 6 unspecified atom stereocenters. The maximum absolute atomic E-state index is 15.2. The highest BCUT2D eigenvalue weighted by Crippen LogP contribution is 2.65. The number of benzene rings is 3. The SMILES string of the molecule is C=CCc1cccc(C2C3=CCC4C(=O)N(CC)C(=O)C4C3CC3C(=O)N(c4cccc(Cl)c4)C(=O)C32c2ccccc2)c1O. The molecule has 0 aromatic heterocycles. The smallest absolute Gasteiger partial charge is 0.246 e. The van der Waals surface area contributed by atoms with Crippen LogP contribution in [0.2, 0.25) is 5.02 Å². The highest BCUT2D eigenvalue weighted by molar-refractivity contribution is 6.32. The Morgan fingerprint density at radius 3 is 2.42 bits per heavy atom. The van der Waals surface area contributed by atoms with Gasteiger partial charge in [0, 0.05) is 23.0 Å². The van der Waals surface area contributed by atoms with Gasteiger partial charge in [0.1, 0.15) is 5.75 Å². The minimum absolute atomic E-state index is 0.0330. The Bertz CT molecular complexity index is 1800. The van der Waals surface area contributed by atoms with Crippen molar-refractivity contribution in [3.63, 3.8) is 0 Å². The third-order valence-corrected chi connectivity index (χ3v) is 10.6. The highest BCUT2D eigenvalue weighted by Gasteiger charge is 2.70. The van der Waals surface area contributed by atoms with Crippen LogP contribution in [-0.2, 0) is 31.0 Å². The zero-order valence-corrected chi connectivity index (χ0v) is 25.6. The van der Waals surface area contributed by atoms with Crippen molar-refractivity contribution in [2.24, 2.45) is 23.7 Å². The average molecular weight is 621 g/mol. The molecule has 45 heavy (non-hydrogen) atoms. The molecule has 3 fully saturated rings. The van der Waals surface area contributed by atoms with Gasteiger partial charge < -0.3 is 5.11 Å². The van der Waals surface area contributed by atoms with Gasteiger partial charge in [-0.15, -0.1) is 6.58 Å². The number of phenols is 1. The van der Waals surface area contributed by atoms with Crippen LogP contribution in [0.5, 0.6) is 5.75 Å². The van der Waals surface area contributed by atoms with Gasteiger partial charge >= 0.3 is 0 Å². The number of anilines is 1. The Kier molecular flexibility index (Phi) is 7.04. The third kappa shape index (κ3) is 4.03. The number of aromatic hydroxyl groups is 1. The molecule has 3 aromatic carbocycles. The number of likely N-dealkylation sites (tertiary alicyclic amines) is 1. The topological polar surface area (TPSA) is 95.0 Å². The lowest BCUT2D eigenvalue weighted by Crippen LogP contribution is -2.53. The van der Waals surface area contributed by atoms with Gasteiger partial charge in [-0.25, -0.2) is 4.90 Å². The lowest BCUT2D eigenvalue weighted by atomic mass is 9.49. The minimum atomic E-state index is -1.43. The number of hydrogen-bond donors (Lipinski definition) is 1. The van der Waals surface area contributed by atoms with Gasteiger partial charge in [-0.3, -0.25) is 24.1 Å². The summed E-state index contributed by atoms with van der Waals surface area (Å²) in [7, 11) is 0. The summed E-state index contributed by atoms with van der Waals surface area (Å²) in [6.07, 6.45) is 4.67. The van der Waals surface area contributed by atoms with Crippen LogP contribution in [-0.4, -0.2) is 40.2 Å². The first-order valence-corrected chi connectivity index (χ1v) is 15.8. The van der Waals surface area contributed by atoms with Crippen LogP contribution in [0.4, 0.5) is 5.69 Å². The Morgan fingerprint density at radius 1 is 0.956 bits per heavy atom. The summed E-state index contributed by atoms with van der Waals surface area (Å²) in [6, 6.07) is 21.4. The van der Waals surface area contributed by atoms with Gasteiger partial charge in [0.15, 0.2) is 0 Å². The Balaban J connectivity index is 1.53. The van der Waals surface area contributed by atoms with E-state index in [0.29, 0.717) is 40.2 Å². The molecule has 2 aliphatic carbocycles. The van der Waals surface area contributed by atoms with E-state index in [-0.39, 0.29) is 36.4 Å². The van der Waals surface area contributed by atoms with Crippen molar-refractivity contribution in [3.05, 3.63) is 119 Å². The average Bonchev–Trinajstić information content (AvgIpc) is 3.43. The second-order valence-corrected chi connectivity index (χ2v) is 12.8. The number of rotatable bonds is 6. The Labute approximate surface area is 266 Å². The molecule has 2 heterocycles. The van der Waals surface area contributed by atoms with Gasteiger partial charge in [-0.1, -0.05) is 83.9 Å². The summed E-state index contributed by atoms with van der Waals surface area (Å²) in [5.41, 5.74) is 1.56. The Morgan fingerprint density at radius 2 is 1.71 bits per heavy atom. The molecule has 8 heteroatoms. The molecule has 1 N–H and O–H groups in total. The van der Waals surface area contributed by atoms with E-state index in [1.807, 2.05) is 54.6 Å². The van der Waals surface area contributed by atoms with Crippen molar-refractivity contribution < 1.29 is 24.3 Å². The lowest BCUT2D eigenvalue weighted by Gasteiger charge is -2.50. The van der Waals surface area contributed by atoms with E-state index < -0.39 is 40.9 Å². The molecule has 0 radical (unpaired) electrons. The van der Waals surface area contributed by atoms with Gasteiger partial charge in [-0.05, 0) is 61.4 Å². The third-order valence-electron chi connectivity index (χ3n) is 10.4. The number of carbonyl (C=O) groups is 4. The quantitative estimate of drug-likeness (QED) is 0.271. The molecule has 3 aromatic rings. The van der Waals surface area contributed by atoms with E-state index in [0.717, 1.165) is 5.57 Å². The number of imide groups is 2. The van der Waals surface area contributed by atoms with Crippen molar-refractivity contribution >= 4 is 40.9 Å². The summed E-state index contributed by atoms with van der Waals surface area (Å²) in [6.45, 7) is 5.91. The number of nitrogens with zero attached hydrogens (tertiary/aromatic N) is 2. The first-order valence-electron chi connectivity index (χ1n) is 15.4. The lowest BCUT2D eigenvalue weighted by molar-refractivity contribution is -0.140. The number of allylic oxidation sites excluding steroid dienone is 3. The molecule has 228 valence electrons. The maximum Gasteiger partial charge on any atom is 0.246 e. The maximum atomic E-state index is 15.2. The van der Waals surface area contributed by atoms with Gasteiger partial charge in [-0.2, -0.15) is 0 Å². The minimum Gasteiger partial charge on any atom is -0.507 e.